The lowest BCUT2D eigenvalue weighted by Crippen LogP contribution is -2.43. The van der Waals surface area contributed by atoms with Crippen LogP contribution in [0.5, 0.6) is 0 Å². The molecular formula is C27H31NO2. The molecular weight excluding hydrogens is 370 g/mol. The third-order valence-electron chi connectivity index (χ3n) is 7.47. The van der Waals surface area contributed by atoms with Crippen molar-refractivity contribution >= 4 is 11.7 Å². The molecule has 0 aromatic heterocycles. The Bertz CT molecular complexity index is 964. The number of fused-ring (bicyclic) bond motifs is 2. The molecule has 5 rings (SSSR count). The van der Waals surface area contributed by atoms with Crippen molar-refractivity contribution in [3.05, 3.63) is 76.9 Å². The topological polar surface area (TPSA) is 40.5 Å². The molecule has 1 N–H and O–H groups in total. The van der Waals surface area contributed by atoms with Gasteiger partial charge in [-0.15, -0.1) is 0 Å². The molecule has 0 unspecified atom stereocenters. The van der Waals surface area contributed by atoms with E-state index in [0.29, 0.717) is 29.4 Å². The minimum absolute atomic E-state index is 0.314. The predicted octanol–water partition coefficient (Wildman–Crippen LogP) is 6.67. The molecule has 0 amide bonds. The quantitative estimate of drug-likeness (QED) is 0.434. The first-order valence-corrected chi connectivity index (χ1v) is 11.6. The lowest BCUT2D eigenvalue weighted by Gasteiger charge is -2.50. The van der Waals surface area contributed by atoms with Gasteiger partial charge in [-0.1, -0.05) is 68.7 Å². The molecule has 2 aliphatic heterocycles. The average Bonchev–Trinajstić information content (AvgIpc) is 3.25. The molecule has 2 aromatic carbocycles. The molecule has 156 valence electrons. The Balaban J connectivity index is 1.65. The largest absolute Gasteiger partial charge is 0.478 e. The maximum atomic E-state index is 12.0. The molecule has 0 saturated heterocycles. The van der Waals surface area contributed by atoms with Gasteiger partial charge in [-0.3, -0.25) is 0 Å². The number of aromatic carboxylic acids is 1. The van der Waals surface area contributed by atoms with E-state index in [1.54, 1.807) is 0 Å². The van der Waals surface area contributed by atoms with Crippen LogP contribution in [-0.4, -0.2) is 17.6 Å². The average molecular weight is 402 g/mol. The molecule has 0 fully saturated rings. The molecule has 0 radical (unpaired) electrons. The molecule has 3 nitrogen and oxygen atoms in total. The van der Waals surface area contributed by atoms with Gasteiger partial charge in [-0.2, -0.15) is 0 Å². The Morgan fingerprint density at radius 3 is 2.70 bits per heavy atom. The van der Waals surface area contributed by atoms with Crippen LogP contribution in [0.2, 0.25) is 0 Å². The first-order valence-electron chi connectivity index (χ1n) is 11.6. The minimum atomic E-state index is -0.804. The van der Waals surface area contributed by atoms with Crippen LogP contribution in [0.1, 0.15) is 90.4 Å². The van der Waals surface area contributed by atoms with E-state index >= 15 is 0 Å². The number of benzene rings is 2. The van der Waals surface area contributed by atoms with Crippen molar-refractivity contribution < 1.29 is 9.90 Å². The fraction of sp³-hybridized carbons (Fsp3) is 0.444. The van der Waals surface area contributed by atoms with Gasteiger partial charge in [0.05, 0.1) is 11.6 Å². The van der Waals surface area contributed by atoms with Gasteiger partial charge in [-0.25, -0.2) is 4.79 Å². The zero-order chi connectivity index (χ0) is 20.7. The molecule has 4 atom stereocenters. The zero-order valence-electron chi connectivity index (χ0n) is 17.8. The van der Waals surface area contributed by atoms with Gasteiger partial charge >= 0.3 is 5.97 Å². The van der Waals surface area contributed by atoms with Gasteiger partial charge in [0.1, 0.15) is 0 Å². The highest BCUT2D eigenvalue weighted by Crippen LogP contribution is 2.57. The summed E-state index contributed by atoms with van der Waals surface area (Å²) in [6.45, 7) is 3.30. The van der Waals surface area contributed by atoms with E-state index in [9.17, 15) is 9.90 Å². The maximum absolute atomic E-state index is 12.0. The Morgan fingerprint density at radius 1 is 1.13 bits per heavy atom. The highest BCUT2D eigenvalue weighted by atomic mass is 16.4. The molecule has 3 heteroatoms. The van der Waals surface area contributed by atoms with Gasteiger partial charge in [0.2, 0.25) is 0 Å². The number of nitrogens with zero attached hydrogens (tertiary/aromatic N) is 1. The smallest absolute Gasteiger partial charge is 0.335 e. The summed E-state index contributed by atoms with van der Waals surface area (Å²) in [6.07, 6.45) is 11.7. The van der Waals surface area contributed by atoms with Crippen molar-refractivity contribution in [3.63, 3.8) is 0 Å². The van der Waals surface area contributed by atoms with E-state index in [0.717, 1.165) is 25.8 Å². The molecule has 30 heavy (non-hydrogen) atoms. The number of carboxylic acid groups (broad SMARTS) is 1. The number of allylic oxidation sites excluding steroid dienone is 2. The lowest BCUT2D eigenvalue weighted by molar-refractivity contribution is 0.0696. The Morgan fingerprint density at radius 2 is 1.93 bits per heavy atom. The highest BCUT2D eigenvalue weighted by Gasteiger charge is 2.45. The van der Waals surface area contributed by atoms with Crippen molar-refractivity contribution in [2.75, 3.05) is 11.4 Å². The summed E-state index contributed by atoms with van der Waals surface area (Å²) in [5, 5.41) is 9.83. The first-order chi connectivity index (χ1) is 14.7. The molecule has 0 bridgehead atoms. The second-order valence-corrected chi connectivity index (χ2v) is 9.19. The van der Waals surface area contributed by atoms with E-state index in [1.165, 1.54) is 41.6 Å². The number of rotatable bonds is 6. The molecule has 2 aromatic rings. The summed E-state index contributed by atoms with van der Waals surface area (Å²) < 4.78 is 0. The molecule has 0 saturated carbocycles. The van der Waals surface area contributed by atoms with Gasteiger partial charge in [-0.05, 0) is 59.9 Å². The van der Waals surface area contributed by atoms with Gasteiger partial charge in [0.15, 0.2) is 0 Å². The Hall–Kier alpha value is -2.55. The van der Waals surface area contributed by atoms with Crippen LogP contribution in [0.15, 0.2) is 54.6 Å². The standard InChI is InChI=1S/C27H31NO2/c1-2-3-5-9-18-14-15-28-25(19-10-6-4-7-11-19)22-13-8-12-21(22)24-17-20(27(29)30)16-23(18)26(24)28/h4,6-8,10-12,16-18,21-22,25H,2-3,5,9,13-15H2,1H3,(H,29,30)/t18-,21+,22-,25-/m0/s1. The predicted molar refractivity (Wildman–Crippen MR) is 121 cm³/mol. The summed E-state index contributed by atoms with van der Waals surface area (Å²) in [5.74, 6) is 0.462. The van der Waals surface area contributed by atoms with E-state index in [4.69, 9.17) is 0 Å². The van der Waals surface area contributed by atoms with Crippen molar-refractivity contribution in [2.45, 2.75) is 63.3 Å². The molecule has 1 aliphatic carbocycles. The maximum Gasteiger partial charge on any atom is 0.335 e. The summed E-state index contributed by atoms with van der Waals surface area (Å²) in [4.78, 5) is 14.6. The molecule has 3 aliphatic rings. The monoisotopic (exact) mass is 401 g/mol. The van der Waals surface area contributed by atoms with E-state index in [2.05, 4.69) is 54.3 Å². The molecule has 2 heterocycles. The zero-order valence-corrected chi connectivity index (χ0v) is 17.8. The van der Waals surface area contributed by atoms with Gasteiger partial charge in [0, 0.05) is 18.2 Å². The van der Waals surface area contributed by atoms with Crippen LogP contribution in [0, 0.1) is 5.92 Å². The highest BCUT2D eigenvalue weighted by molar-refractivity contribution is 5.90. The fourth-order valence-corrected chi connectivity index (χ4v) is 6.12. The summed E-state index contributed by atoms with van der Waals surface area (Å²) in [7, 11) is 0. The minimum Gasteiger partial charge on any atom is -0.478 e. The van der Waals surface area contributed by atoms with E-state index < -0.39 is 5.97 Å². The van der Waals surface area contributed by atoms with Crippen LogP contribution < -0.4 is 4.90 Å². The second-order valence-electron chi connectivity index (χ2n) is 9.19. The third-order valence-corrected chi connectivity index (χ3v) is 7.47. The first kappa shape index (κ1) is 19.4. The van der Waals surface area contributed by atoms with Crippen LogP contribution in [0.3, 0.4) is 0 Å². The van der Waals surface area contributed by atoms with Crippen molar-refractivity contribution in [2.24, 2.45) is 5.92 Å². The Labute approximate surface area is 179 Å². The number of hydrogen-bond donors (Lipinski definition) is 1. The normalized spacial score (nSPS) is 26.4. The van der Waals surface area contributed by atoms with E-state index in [-0.39, 0.29) is 0 Å². The number of carboxylic acids is 1. The van der Waals surface area contributed by atoms with Crippen LogP contribution in [-0.2, 0) is 0 Å². The van der Waals surface area contributed by atoms with Crippen LogP contribution in [0.4, 0.5) is 5.69 Å². The van der Waals surface area contributed by atoms with Gasteiger partial charge < -0.3 is 10.0 Å². The van der Waals surface area contributed by atoms with Crippen molar-refractivity contribution in [1.29, 1.82) is 0 Å². The Kier molecular flexibility index (Phi) is 5.14. The van der Waals surface area contributed by atoms with E-state index in [1.807, 2.05) is 12.1 Å². The van der Waals surface area contributed by atoms with Crippen LogP contribution in [0.25, 0.3) is 0 Å². The number of unbranched alkanes of at least 4 members (excludes halogenated alkanes) is 2. The fourth-order valence-electron chi connectivity index (χ4n) is 6.12. The third kappa shape index (κ3) is 3.15. The van der Waals surface area contributed by atoms with Gasteiger partial charge in [0.25, 0.3) is 0 Å². The lowest BCUT2D eigenvalue weighted by atomic mass is 9.71. The molecule has 0 spiro atoms. The summed E-state index contributed by atoms with van der Waals surface area (Å²) >= 11 is 0. The van der Waals surface area contributed by atoms with Crippen molar-refractivity contribution in [3.8, 4) is 0 Å². The summed E-state index contributed by atoms with van der Waals surface area (Å²) in [6, 6.07) is 15.2. The van der Waals surface area contributed by atoms with Crippen LogP contribution >= 0.6 is 0 Å². The number of carbonyl (C=O) groups is 1. The number of anilines is 1. The SMILES string of the molecule is CCCCC[C@H]1CCN2c3c1cc(C(=O)O)cc3[C@@H]1C=CC[C@@H]1[C@@H]2c1ccccc1. The van der Waals surface area contributed by atoms with Crippen molar-refractivity contribution in [1.82, 2.24) is 0 Å². The second kappa shape index (κ2) is 7.94. The number of hydrogen-bond acceptors (Lipinski definition) is 2. The summed E-state index contributed by atoms with van der Waals surface area (Å²) in [5.41, 5.74) is 5.72.